The number of fused-ring (bicyclic) bond motifs is 2. The Labute approximate surface area is 190 Å². The van der Waals surface area contributed by atoms with Crippen molar-refractivity contribution in [1.82, 2.24) is 9.66 Å². The van der Waals surface area contributed by atoms with Crippen LogP contribution in [0, 0.1) is 0 Å². The monoisotopic (exact) mass is 489 g/mol. The van der Waals surface area contributed by atoms with Crippen molar-refractivity contribution < 1.29 is 14.3 Å². The summed E-state index contributed by atoms with van der Waals surface area (Å²) < 4.78 is 13.2. The van der Waals surface area contributed by atoms with Crippen LogP contribution >= 0.6 is 15.9 Å². The van der Waals surface area contributed by atoms with Crippen molar-refractivity contribution in [2.75, 3.05) is 7.11 Å². The number of hydrogen-bond acceptors (Lipinski definition) is 6. The predicted octanol–water partition coefficient (Wildman–Crippen LogP) is 5.17. The van der Waals surface area contributed by atoms with Gasteiger partial charge >= 0.3 is 0 Å². The summed E-state index contributed by atoms with van der Waals surface area (Å²) in [5.41, 5.74) is 1.51. The summed E-state index contributed by atoms with van der Waals surface area (Å²) in [4.78, 5) is 18.0. The van der Waals surface area contributed by atoms with Crippen LogP contribution in [-0.2, 0) is 0 Å². The maximum absolute atomic E-state index is 13.3. The number of benzene rings is 3. The zero-order valence-corrected chi connectivity index (χ0v) is 18.4. The molecule has 2 aromatic heterocycles. The third kappa shape index (κ3) is 3.44. The lowest BCUT2D eigenvalue weighted by Crippen LogP contribution is -2.20. The predicted molar refractivity (Wildman–Crippen MR) is 127 cm³/mol. The summed E-state index contributed by atoms with van der Waals surface area (Å²) in [6, 6.07) is 19.3. The number of hydrogen-bond donors (Lipinski definition) is 1. The van der Waals surface area contributed by atoms with E-state index in [1.54, 1.807) is 49.6 Å². The minimum absolute atomic E-state index is 0.114. The van der Waals surface area contributed by atoms with Crippen LogP contribution in [0.2, 0.25) is 0 Å². The first-order valence-corrected chi connectivity index (χ1v) is 10.5. The zero-order valence-electron chi connectivity index (χ0n) is 16.8. The van der Waals surface area contributed by atoms with Crippen molar-refractivity contribution in [3.8, 4) is 23.1 Å². The first-order chi connectivity index (χ1) is 15.5. The van der Waals surface area contributed by atoms with Gasteiger partial charge in [-0.25, -0.2) is 4.98 Å². The molecule has 8 heteroatoms. The van der Waals surface area contributed by atoms with Crippen LogP contribution in [0.15, 0.2) is 85.5 Å². The number of methoxy groups -OCH3 is 1. The molecule has 0 atom stereocenters. The Hall–Kier alpha value is -3.91. The highest BCUT2D eigenvalue weighted by molar-refractivity contribution is 9.10. The molecule has 0 fully saturated rings. The van der Waals surface area contributed by atoms with E-state index in [-0.39, 0.29) is 17.1 Å². The highest BCUT2D eigenvalue weighted by Crippen LogP contribution is 2.33. The van der Waals surface area contributed by atoms with Gasteiger partial charge in [0.05, 0.1) is 34.1 Å². The molecule has 32 heavy (non-hydrogen) atoms. The normalized spacial score (nSPS) is 11.6. The number of aromatic nitrogens is 2. The van der Waals surface area contributed by atoms with Crippen LogP contribution < -0.4 is 10.3 Å². The fourth-order valence-electron chi connectivity index (χ4n) is 3.44. The summed E-state index contributed by atoms with van der Waals surface area (Å²) in [6.07, 6.45) is 1.52. The molecule has 0 saturated carbocycles. The molecule has 0 aliphatic rings. The fraction of sp³-hybridized carbons (Fsp3) is 0.0417. The average Bonchev–Trinajstić information content (AvgIpc) is 3.25. The Balaban J connectivity index is 1.74. The highest BCUT2D eigenvalue weighted by atomic mass is 79.9. The standard InChI is InChI=1S/C24H16BrN3O4/c1-31-20-7-4-8-21-16(20)12-22(32-21)23-27-18-6-3-2-5-15(18)24(30)28(23)26-13-14-9-10-19(29)17(25)11-14/h2-13,29H,1H3. The molecule has 5 aromatic rings. The van der Waals surface area contributed by atoms with Crippen LogP contribution in [0.25, 0.3) is 33.5 Å². The van der Waals surface area contributed by atoms with Gasteiger partial charge in [-0.05, 0) is 70.0 Å². The third-order valence-corrected chi connectivity index (χ3v) is 5.64. The van der Waals surface area contributed by atoms with Gasteiger partial charge in [0.1, 0.15) is 17.1 Å². The Morgan fingerprint density at radius 1 is 1.09 bits per heavy atom. The van der Waals surface area contributed by atoms with E-state index in [0.717, 1.165) is 5.39 Å². The molecule has 5 rings (SSSR count). The van der Waals surface area contributed by atoms with E-state index >= 15 is 0 Å². The lowest BCUT2D eigenvalue weighted by atomic mass is 10.2. The van der Waals surface area contributed by atoms with Crippen molar-refractivity contribution in [2.24, 2.45) is 5.10 Å². The van der Waals surface area contributed by atoms with E-state index in [9.17, 15) is 9.90 Å². The van der Waals surface area contributed by atoms with Gasteiger partial charge in [-0.1, -0.05) is 18.2 Å². The van der Waals surface area contributed by atoms with Crippen molar-refractivity contribution >= 4 is 44.0 Å². The first kappa shape index (κ1) is 20.0. The summed E-state index contributed by atoms with van der Waals surface area (Å²) >= 11 is 3.28. The number of phenols is 1. The van der Waals surface area contributed by atoms with Gasteiger partial charge in [0.25, 0.3) is 5.56 Å². The van der Waals surface area contributed by atoms with E-state index in [1.807, 2.05) is 24.3 Å². The number of nitrogens with zero attached hydrogens (tertiary/aromatic N) is 3. The molecular weight excluding hydrogens is 474 g/mol. The molecular formula is C24H16BrN3O4. The number of ether oxygens (including phenoxy) is 1. The molecule has 0 unspecified atom stereocenters. The largest absolute Gasteiger partial charge is 0.507 e. The van der Waals surface area contributed by atoms with Gasteiger partial charge in [-0.3, -0.25) is 4.79 Å². The smallest absolute Gasteiger partial charge is 0.282 e. The molecule has 0 bridgehead atoms. The molecule has 0 aliphatic carbocycles. The summed E-state index contributed by atoms with van der Waals surface area (Å²) in [5.74, 6) is 1.42. The molecule has 7 nitrogen and oxygen atoms in total. The maximum atomic E-state index is 13.3. The molecule has 1 N–H and O–H groups in total. The van der Waals surface area contributed by atoms with Crippen molar-refractivity contribution in [3.63, 3.8) is 0 Å². The van der Waals surface area contributed by atoms with Crippen LogP contribution in [0.3, 0.4) is 0 Å². The summed E-state index contributed by atoms with van der Waals surface area (Å²) in [7, 11) is 1.59. The molecule has 0 aliphatic heterocycles. The van der Waals surface area contributed by atoms with Crippen LogP contribution in [-0.4, -0.2) is 28.1 Å². The second kappa shape index (κ2) is 7.97. The molecule has 0 spiro atoms. The Kier molecular flexibility index (Phi) is 4.99. The van der Waals surface area contributed by atoms with Gasteiger partial charge in [-0.2, -0.15) is 9.78 Å². The van der Waals surface area contributed by atoms with E-state index in [4.69, 9.17) is 9.15 Å². The van der Waals surface area contributed by atoms with E-state index in [0.29, 0.717) is 38.0 Å². The van der Waals surface area contributed by atoms with Crippen molar-refractivity contribution in [1.29, 1.82) is 0 Å². The fourth-order valence-corrected chi connectivity index (χ4v) is 3.84. The number of halogens is 1. The topological polar surface area (TPSA) is 89.9 Å². The molecule has 2 heterocycles. The summed E-state index contributed by atoms with van der Waals surface area (Å²) in [5, 5.41) is 15.3. The second-order valence-electron chi connectivity index (χ2n) is 7.01. The lowest BCUT2D eigenvalue weighted by molar-refractivity contribution is 0.419. The van der Waals surface area contributed by atoms with Gasteiger partial charge in [-0.15, -0.1) is 0 Å². The number of furan rings is 1. The Morgan fingerprint density at radius 2 is 1.94 bits per heavy atom. The van der Waals surface area contributed by atoms with Crippen LogP contribution in [0.1, 0.15) is 5.56 Å². The zero-order chi connectivity index (χ0) is 22.2. The maximum Gasteiger partial charge on any atom is 0.282 e. The Morgan fingerprint density at radius 3 is 2.75 bits per heavy atom. The SMILES string of the molecule is COc1cccc2oc(-c3nc4ccccc4c(=O)n3N=Cc3ccc(O)c(Br)c3)cc12. The molecule has 3 aromatic carbocycles. The van der Waals surface area contributed by atoms with Crippen LogP contribution in [0.4, 0.5) is 0 Å². The van der Waals surface area contributed by atoms with E-state index < -0.39 is 0 Å². The van der Waals surface area contributed by atoms with Gasteiger partial charge in [0.2, 0.25) is 5.82 Å². The van der Waals surface area contributed by atoms with Crippen LogP contribution in [0.5, 0.6) is 11.5 Å². The highest BCUT2D eigenvalue weighted by Gasteiger charge is 2.17. The van der Waals surface area contributed by atoms with E-state index in [1.165, 1.54) is 10.9 Å². The minimum Gasteiger partial charge on any atom is -0.507 e. The first-order valence-electron chi connectivity index (χ1n) is 9.67. The minimum atomic E-state index is -0.327. The molecule has 158 valence electrons. The number of aromatic hydroxyl groups is 1. The molecule has 0 radical (unpaired) electrons. The molecule has 0 saturated heterocycles. The van der Waals surface area contributed by atoms with Crippen molar-refractivity contribution in [3.05, 3.63) is 87.1 Å². The quantitative estimate of drug-likeness (QED) is 0.351. The third-order valence-electron chi connectivity index (χ3n) is 5.01. The second-order valence-corrected chi connectivity index (χ2v) is 7.86. The van der Waals surface area contributed by atoms with E-state index in [2.05, 4.69) is 26.0 Å². The average molecular weight is 490 g/mol. The summed E-state index contributed by atoms with van der Waals surface area (Å²) in [6.45, 7) is 0. The Bertz CT molecular complexity index is 1570. The number of rotatable bonds is 4. The lowest BCUT2D eigenvalue weighted by Gasteiger charge is -2.07. The van der Waals surface area contributed by atoms with Crippen molar-refractivity contribution in [2.45, 2.75) is 0 Å². The molecule has 0 amide bonds. The van der Waals surface area contributed by atoms with Gasteiger partial charge in [0.15, 0.2) is 5.76 Å². The van der Waals surface area contributed by atoms with Gasteiger partial charge < -0.3 is 14.3 Å². The number of phenolic OH excluding ortho intramolecular Hbond substituents is 1. The van der Waals surface area contributed by atoms with Gasteiger partial charge in [0, 0.05) is 0 Å². The number of para-hydroxylation sites is 1.